The number of unbranched alkanes of at least 4 members (excludes halogenated alkanes) is 11. The lowest BCUT2D eigenvalue weighted by Crippen LogP contribution is -2.27. The molecule has 0 heterocycles. The summed E-state index contributed by atoms with van der Waals surface area (Å²) in [4.78, 5) is 12.1. The number of hydrogen-bond acceptors (Lipinski definition) is 5. The summed E-state index contributed by atoms with van der Waals surface area (Å²) in [7, 11) is 0. The van der Waals surface area contributed by atoms with E-state index in [1.165, 1.54) is 64.2 Å². The van der Waals surface area contributed by atoms with Crippen LogP contribution in [0.1, 0.15) is 104 Å². The van der Waals surface area contributed by atoms with Crippen molar-refractivity contribution in [2.24, 2.45) is 5.92 Å². The second-order valence-electron chi connectivity index (χ2n) is 7.93. The second kappa shape index (κ2) is 18.7. The van der Waals surface area contributed by atoms with Crippen LogP contribution in [0.3, 0.4) is 0 Å². The molecule has 0 bridgehead atoms. The van der Waals surface area contributed by atoms with Crippen LogP contribution in [0, 0.1) is 5.92 Å². The molecule has 0 saturated carbocycles. The van der Waals surface area contributed by atoms with E-state index in [0.717, 1.165) is 12.8 Å². The summed E-state index contributed by atoms with van der Waals surface area (Å²) in [5.41, 5.74) is 0. The largest absolute Gasteiger partial charge is 0.463 e. The highest BCUT2D eigenvalue weighted by Gasteiger charge is 2.22. The fourth-order valence-electron chi connectivity index (χ4n) is 3.32. The quantitative estimate of drug-likeness (QED) is 0.226. The Kier molecular flexibility index (Phi) is 18.3. The van der Waals surface area contributed by atoms with Crippen LogP contribution in [-0.2, 0) is 9.53 Å². The predicted octanol–water partition coefficient (Wildman–Crippen LogP) is 4.36. The molecule has 0 fully saturated rings. The van der Waals surface area contributed by atoms with Crippen molar-refractivity contribution in [1.82, 2.24) is 0 Å². The van der Waals surface area contributed by atoms with Crippen LogP contribution in [0.25, 0.3) is 0 Å². The highest BCUT2D eigenvalue weighted by molar-refractivity contribution is 5.72. The van der Waals surface area contributed by atoms with Crippen molar-refractivity contribution < 1.29 is 24.9 Å². The Morgan fingerprint density at radius 1 is 0.852 bits per heavy atom. The van der Waals surface area contributed by atoms with Crippen molar-refractivity contribution in [1.29, 1.82) is 0 Å². The lowest BCUT2D eigenvalue weighted by atomic mass is 9.95. The standard InChI is InChI=1S/C22H44O5/c1-3-4-5-6-7-8-9-10-11-12-13-14-15-20(16-19(2)24)22(26)27-18-21(25)17-23/h19-21,23-25H,3-18H2,1-2H3. The third-order valence-electron chi connectivity index (χ3n) is 4.99. The van der Waals surface area contributed by atoms with E-state index in [9.17, 15) is 15.0 Å². The molecular formula is C22H44O5. The molecule has 0 rings (SSSR count). The molecule has 0 aliphatic carbocycles. The summed E-state index contributed by atoms with van der Waals surface area (Å²) in [6.07, 6.45) is 14.8. The molecule has 0 aromatic rings. The van der Waals surface area contributed by atoms with E-state index in [0.29, 0.717) is 12.8 Å². The maximum atomic E-state index is 12.1. The highest BCUT2D eigenvalue weighted by Crippen LogP contribution is 2.19. The molecule has 27 heavy (non-hydrogen) atoms. The van der Waals surface area contributed by atoms with Gasteiger partial charge in [-0.2, -0.15) is 0 Å². The molecule has 5 nitrogen and oxygen atoms in total. The van der Waals surface area contributed by atoms with Crippen LogP contribution in [-0.4, -0.2) is 46.7 Å². The van der Waals surface area contributed by atoms with Crippen LogP contribution >= 0.6 is 0 Å². The third kappa shape index (κ3) is 17.2. The number of ether oxygens (including phenoxy) is 1. The molecular weight excluding hydrogens is 344 g/mol. The Morgan fingerprint density at radius 2 is 1.33 bits per heavy atom. The first-order chi connectivity index (χ1) is 13.0. The van der Waals surface area contributed by atoms with Gasteiger partial charge in [-0.1, -0.05) is 84.0 Å². The van der Waals surface area contributed by atoms with Crippen molar-refractivity contribution in [3.8, 4) is 0 Å². The van der Waals surface area contributed by atoms with E-state index in [2.05, 4.69) is 6.92 Å². The van der Waals surface area contributed by atoms with Gasteiger partial charge in [0, 0.05) is 0 Å². The minimum absolute atomic E-state index is 0.190. The van der Waals surface area contributed by atoms with Gasteiger partial charge in [0.1, 0.15) is 12.7 Å². The van der Waals surface area contributed by atoms with E-state index < -0.39 is 18.8 Å². The van der Waals surface area contributed by atoms with Crippen molar-refractivity contribution >= 4 is 5.97 Å². The minimum atomic E-state index is -1.03. The molecule has 3 atom stereocenters. The zero-order valence-corrected chi connectivity index (χ0v) is 17.7. The van der Waals surface area contributed by atoms with Crippen molar-refractivity contribution in [3.63, 3.8) is 0 Å². The third-order valence-corrected chi connectivity index (χ3v) is 4.99. The van der Waals surface area contributed by atoms with Gasteiger partial charge >= 0.3 is 5.97 Å². The van der Waals surface area contributed by atoms with Crippen molar-refractivity contribution in [2.45, 2.75) is 116 Å². The Morgan fingerprint density at radius 3 is 1.78 bits per heavy atom. The molecule has 3 unspecified atom stereocenters. The van der Waals surface area contributed by atoms with Gasteiger partial charge in [-0.25, -0.2) is 0 Å². The van der Waals surface area contributed by atoms with Gasteiger partial charge in [-0.3, -0.25) is 4.79 Å². The molecule has 5 heteroatoms. The van der Waals surface area contributed by atoms with Crippen LogP contribution in [0.5, 0.6) is 0 Å². The molecule has 0 saturated heterocycles. The van der Waals surface area contributed by atoms with Crippen LogP contribution < -0.4 is 0 Å². The topological polar surface area (TPSA) is 87.0 Å². The average molecular weight is 389 g/mol. The maximum absolute atomic E-state index is 12.1. The first-order valence-corrected chi connectivity index (χ1v) is 11.1. The van der Waals surface area contributed by atoms with Crippen LogP contribution in [0.15, 0.2) is 0 Å². The van der Waals surface area contributed by atoms with E-state index in [-0.39, 0.29) is 18.5 Å². The van der Waals surface area contributed by atoms with Gasteiger partial charge < -0.3 is 20.1 Å². The number of carbonyl (C=O) groups is 1. The molecule has 0 aliphatic rings. The smallest absolute Gasteiger partial charge is 0.309 e. The number of aliphatic hydroxyl groups excluding tert-OH is 3. The first kappa shape index (κ1) is 26.4. The minimum Gasteiger partial charge on any atom is -0.463 e. The molecule has 0 radical (unpaired) electrons. The van der Waals surface area contributed by atoms with Gasteiger partial charge in [0.2, 0.25) is 0 Å². The number of carbonyl (C=O) groups excluding carboxylic acids is 1. The Hall–Kier alpha value is -0.650. The fourth-order valence-corrected chi connectivity index (χ4v) is 3.32. The molecule has 0 spiro atoms. The van der Waals surface area contributed by atoms with Crippen molar-refractivity contribution in [3.05, 3.63) is 0 Å². The molecule has 162 valence electrons. The van der Waals surface area contributed by atoms with Crippen LogP contribution in [0.4, 0.5) is 0 Å². The van der Waals surface area contributed by atoms with Gasteiger partial charge in [0.25, 0.3) is 0 Å². The van der Waals surface area contributed by atoms with Crippen molar-refractivity contribution in [2.75, 3.05) is 13.2 Å². The van der Waals surface area contributed by atoms with E-state index in [1.54, 1.807) is 6.92 Å². The first-order valence-electron chi connectivity index (χ1n) is 11.1. The molecule has 0 aromatic carbocycles. The summed E-state index contributed by atoms with van der Waals surface area (Å²) in [5.74, 6) is -0.717. The number of hydrogen-bond donors (Lipinski definition) is 3. The SMILES string of the molecule is CCCCCCCCCCCCCCC(CC(C)O)C(=O)OCC(O)CO. The summed E-state index contributed by atoms with van der Waals surface area (Å²) >= 11 is 0. The van der Waals surface area contributed by atoms with Gasteiger partial charge in [0.15, 0.2) is 0 Å². The normalized spacial score (nSPS) is 14.7. The predicted molar refractivity (Wildman–Crippen MR) is 110 cm³/mol. The molecule has 3 N–H and O–H groups in total. The Balaban J connectivity index is 3.74. The second-order valence-corrected chi connectivity index (χ2v) is 7.93. The zero-order valence-electron chi connectivity index (χ0n) is 17.7. The van der Waals surface area contributed by atoms with E-state index in [4.69, 9.17) is 9.84 Å². The fraction of sp³-hybridized carbons (Fsp3) is 0.955. The summed E-state index contributed by atoms with van der Waals surface area (Å²) in [5, 5.41) is 27.6. The van der Waals surface area contributed by atoms with Crippen LogP contribution in [0.2, 0.25) is 0 Å². The molecule has 0 aliphatic heterocycles. The highest BCUT2D eigenvalue weighted by atomic mass is 16.5. The van der Waals surface area contributed by atoms with E-state index >= 15 is 0 Å². The molecule has 0 amide bonds. The summed E-state index contributed by atoms with van der Waals surface area (Å²) < 4.78 is 5.06. The monoisotopic (exact) mass is 388 g/mol. The Bertz CT molecular complexity index is 333. The lowest BCUT2D eigenvalue weighted by Gasteiger charge is -2.18. The number of rotatable bonds is 19. The van der Waals surface area contributed by atoms with Gasteiger partial charge in [-0.15, -0.1) is 0 Å². The molecule has 0 aromatic heterocycles. The average Bonchev–Trinajstić information content (AvgIpc) is 2.65. The zero-order chi connectivity index (χ0) is 20.3. The number of aliphatic hydroxyl groups is 3. The number of esters is 1. The summed E-state index contributed by atoms with van der Waals surface area (Å²) in [6, 6.07) is 0. The van der Waals surface area contributed by atoms with Gasteiger partial charge in [-0.05, 0) is 19.8 Å². The maximum Gasteiger partial charge on any atom is 0.309 e. The lowest BCUT2D eigenvalue weighted by molar-refractivity contribution is -0.153. The Labute approximate surface area is 166 Å². The van der Waals surface area contributed by atoms with E-state index in [1.807, 2.05) is 0 Å². The summed E-state index contributed by atoms with van der Waals surface area (Å²) in [6.45, 7) is 3.31. The van der Waals surface area contributed by atoms with Gasteiger partial charge in [0.05, 0.1) is 18.6 Å².